The van der Waals surface area contributed by atoms with Crippen molar-refractivity contribution in [3.8, 4) is 0 Å². The first-order valence-electron chi connectivity index (χ1n) is 12.3. The maximum absolute atomic E-state index is 12.7. The van der Waals surface area contributed by atoms with Gasteiger partial charge in [0, 0.05) is 47.4 Å². The van der Waals surface area contributed by atoms with Gasteiger partial charge in [-0.3, -0.25) is 0 Å². The van der Waals surface area contributed by atoms with Gasteiger partial charge in [-0.25, -0.2) is 0 Å². The summed E-state index contributed by atoms with van der Waals surface area (Å²) in [6.45, 7) is 0. The first-order chi connectivity index (χ1) is 17.5. The Kier molecular flexibility index (Phi) is 7.05. The largest absolute Gasteiger partial charge is 1.00 e. The fourth-order valence-corrected chi connectivity index (χ4v) is 8.01. The molecule has 4 aromatic carbocycles. The van der Waals surface area contributed by atoms with Gasteiger partial charge < -0.3 is 19.8 Å². The van der Waals surface area contributed by atoms with Gasteiger partial charge in [0.15, 0.2) is 0 Å². The van der Waals surface area contributed by atoms with Crippen molar-refractivity contribution in [3.63, 3.8) is 0 Å². The molecule has 6 aliphatic carbocycles. The maximum Gasteiger partial charge on any atom is 1.00 e. The van der Waals surface area contributed by atoms with Crippen LogP contribution in [0, 0.1) is 0 Å². The molecule has 0 atom stereocenters. The molecule has 4 bridgehead atoms. The summed E-state index contributed by atoms with van der Waals surface area (Å²) in [5.41, 5.74) is 5.25. The predicted molar refractivity (Wildman–Crippen MR) is 130 cm³/mol. The van der Waals surface area contributed by atoms with E-state index in [0.29, 0.717) is 0 Å². The number of hydrogen-bond acceptors (Lipinski definition) is 4. The smallest absolute Gasteiger partial charge is 0.550 e. The van der Waals surface area contributed by atoms with Gasteiger partial charge in [0.1, 0.15) is 0 Å². The number of carbonyl (C=O) groups is 2. The summed E-state index contributed by atoms with van der Waals surface area (Å²) < 4.78 is 0. The molecule has 0 spiro atoms. The van der Waals surface area contributed by atoms with Crippen molar-refractivity contribution in [1.82, 2.24) is 0 Å². The second-order valence-electron chi connectivity index (χ2n) is 10.2. The van der Waals surface area contributed by atoms with Crippen LogP contribution >= 0.6 is 0 Å². The van der Waals surface area contributed by atoms with Crippen molar-refractivity contribution >= 4 is 11.9 Å². The Morgan fingerprint density at radius 3 is 0.974 bits per heavy atom. The topological polar surface area (TPSA) is 80.3 Å². The van der Waals surface area contributed by atoms with Gasteiger partial charge in [-0.1, -0.05) is 97.1 Å². The van der Waals surface area contributed by atoms with Crippen LogP contribution in [0.2, 0.25) is 0 Å². The van der Waals surface area contributed by atoms with Crippen molar-refractivity contribution in [1.29, 1.82) is 0 Å². The molecular weight excluding hydrogens is 494 g/mol. The van der Waals surface area contributed by atoms with E-state index in [4.69, 9.17) is 0 Å². The predicted octanol–water partition coefficient (Wildman–Crippen LogP) is -2.85. The average Bonchev–Trinajstić information content (AvgIpc) is 2.88. The van der Waals surface area contributed by atoms with Crippen LogP contribution in [0.25, 0.3) is 0 Å². The molecular formula is C32H22Na2O4. The fraction of sp³-hybridized carbons (Fsp3) is 0.188. The Hall–Kier alpha value is -2.18. The summed E-state index contributed by atoms with van der Waals surface area (Å²) in [5.74, 6) is -2.52. The van der Waals surface area contributed by atoms with Crippen LogP contribution in [0.15, 0.2) is 97.1 Å². The van der Waals surface area contributed by atoms with Gasteiger partial charge in [0.2, 0.25) is 0 Å². The van der Waals surface area contributed by atoms with E-state index in [0.717, 1.165) is 44.5 Å². The summed E-state index contributed by atoms with van der Waals surface area (Å²) in [7, 11) is 0. The Morgan fingerprint density at radius 2 is 0.737 bits per heavy atom. The average molecular weight is 517 g/mol. The third-order valence-corrected chi connectivity index (χ3v) is 8.90. The molecule has 0 amide bonds. The van der Waals surface area contributed by atoms with Gasteiger partial charge in [-0.05, 0) is 44.5 Å². The molecule has 0 aromatic heterocycles. The SMILES string of the molecule is O=C([O-])CC12c3ccccc3C(c3ccccc31)C1c3ccccc3C2(CC(=O)[O-])c2ccccc21.[Na+].[Na+]. The molecule has 0 aliphatic heterocycles. The maximum atomic E-state index is 12.7. The quantitative estimate of drug-likeness (QED) is 0.274. The van der Waals surface area contributed by atoms with Gasteiger partial charge in [-0.2, -0.15) is 0 Å². The molecule has 0 radical (unpaired) electrons. The Balaban J connectivity index is 0.00000147. The molecule has 0 unspecified atom stereocenters. The minimum absolute atomic E-state index is 0. The summed E-state index contributed by atoms with van der Waals surface area (Å²) in [6, 6.07) is 31.9. The summed E-state index contributed by atoms with van der Waals surface area (Å²) in [6.07, 6.45) is -0.706. The van der Waals surface area contributed by atoms with Crippen molar-refractivity contribution in [2.24, 2.45) is 0 Å². The molecule has 6 heteroatoms. The van der Waals surface area contributed by atoms with E-state index in [-0.39, 0.29) is 83.8 Å². The van der Waals surface area contributed by atoms with Crippen molar-refractivity contribution in [3.05, 3.63) is 142 Å². The number of benzene rings is 4. The molecule has 0 N–H and O–H groups in total. The molecule has 6 aliphatic rings. The summed E-state index contributed by atoms with van der Waals surface area (Å²) >= 11 is 0. The molecule has 38 heavy (non-hydrogen) atoms. The summed E-state index contributed by atoms with van der Waals surface area (Å²) in [4.78, 5) is 25.4. The van der Waals surface area contributed by atoms with Crippen LogP contribution < -0.4 is 69.3 Å². The molecule has 0 heterocycles. The first kappa shape index (κ1) is 27.4. The van der Waals surface area contributed by atoms with E-state index >= 15 is 0 Å². The third kappa shape index (κ3) is 3.32. The number of carbonyl (C=O) groups excluding carboxylic acids is 2. The van der Waals surface area contributed by atoms with Gasteiger partial charge in [0.05, 0.1) is 0 Å². The minimum Gasteiger partial charge on any atom is -0.550 e. The Morgan fingerprint density at radius 1 is 0.500 bits per heavy atom. The molecule has 0 fully saturated rings. The van der Waals surface area contributed by atoms with E-state index in [2.05, 4.69) is 24.3 Å². The van der Waals surface area contributed by atoms with Crippen molar-refractivity contribution in [2.75, 3.05) is 0 Å². The number of hydrogen-bond donors (Lipinski definition) is 0. The van der Waals surface area contributed by atoms with Gasteiger partial charge in [-0.15, -0.1) is 0 Å². The van der Waals surface area contributed by atoms with Crippen LogP contribution in [-0.2, 0) is 20.4 Å². The second-order valence-corrected chi connectivity index (χ2v) is 10.2. The van der Waals surface area contributed by atoms with Gasteiger partial charge in [0.25, 0.3) is 0 Å². The monoisotopic (exact) mass is 516 g/mol. The van der Waals surface area contributed by atoms with Gasteiger partial charge >= 0.3 is 59.1 Å². The van der Waals surface area contributed by atoms with E-state index in [9.17, 15) is 19.8 Å². The summed E-state index contributed by atoms with van der Waals surface area (Å²) in [5, 5.41) is 25.4. The van der Waals surface area contributed by atoms with Crippen molar-refractivity contribution in [2.45, 2.75) is 35.5 Å². The van der Waals surface area contributed by atoms with E-state index in [1.54, 1.807) is 0 Å². The Labute approximate surface area is 265 Å². The molecule has 0 saturated heterocycles. The van der Waals surface area contributed by atoms with E-state index in [1.807, 2.05) is 72.8 Å². The van der Waals surface area contributed by atoms with Crippen LogP contribution in [0.5, 0.6) is 0 Å². The first-order valence-corrected chi connectivity index (χ1v) is 12.3. The molecule has 176 valence electrons. The zero-order chi connectivity index (χ0) is 24.7. The van der Waals surface area contributed by atoms with Crippen LogP contribution in [0.4, 0.5) is 0 Å². The molecule has 0 saturated carbocycles. The number of rotatable bonds is 4. The van der Waals surface area contributed by atoms with E-state index < -0.39 is 22.8 Å². The van der Waals surface area contributed by atoms with Crippen molar-refractivity contribution < 1.29 is 78.9 Å². The number of carboxylic acid groups (broad SMARTS) is 2. The van der Waals surface area contributed by atoms with Crippen LogP contribution in [0.3, 0.4) is 0 Å². The fourth-order valence-electron chi connectivity index (χ4n) is 8.01. The Bertz CT molecular complexity index is 1380. The standard InChI is InChI=1S/C32H24O4.2Na/c33-27(34)17-31-23-13-5-1-9-19(23)29(20-10-2-6-14-24(20)31)30-21-11-3-7-15-25(21)32(31,18-28(35)36)26-16-8-4-12-22(26)30;;/h1-16,29-30H,17-18H2,(H,33,34)(H,35,36);;/q;2*+1/p-2. The molecule has 4 nitrogen and oxygen atoms in total. The zero-order valence-electron chi connectivity index (χ0n) is 21.4. The van der Waals surface area contributed by atoms with Crippen LogP contribution in [0.1, 0.15) is 69.2 Å². The zero-order valence-corrected chi connectivity index (χ0v) is 25.4. The normalized spacial score (nSPS) is 24.7. The minimum atomic E-state index is -1.22. The number of aliphatic carboxylic acids is 2. The third-order valence-electron chi connectivity index (χ3n) is 8.90. The molecule has 4 aromatic rings. The van der Waals surface area contributed by atoms with E-state index in [1.165, 1.54) is 0 Å². The second kappa shape index (κ2) is 9.78. The van der Waals surface area contributed by atoms with Crippen LogP contribution in [-0.4, -0.2) is 11.9 Å². The molecule has 10 rings (SSSR count). The number of carboxylic acids is 2.